The summed E-state index contributed by atoms with van der Waals surface area (Å²) in [4.78, 5) is 6.42. The highest BCUT2D eigenvalue weighted by Crippen LogP contribution is 2.22. The molecule has 0 radical (unpaired) electrons. The van der Waals surface area contributed by atoms with Crippen LogP contribution in [0.2, 0.25) is 0 Å². The molecule has 0 aromatic carbocycles. The number of aromatic nitrogens is 2. The van der Waals surface area contributed by atoms with Crippen molar-refractivity contribution in [2.45, 2.75) is 32.9 Å². The van der Waals surface area contributed by atoms with Gasteiger partial charge in [-0.2, -0.15) is 0 Å². The van der Waals surface area contributed by atoms with Crippen LogP contribution in [0.1, 0.15) is 38.5 Å². The second-order valence-electron chi connectivity index (χ2n) is 5.09. The highest BCUT2D eigenvalue weighted by Gasteiger charge is 2.20. The smallest absolute Gasteiger partial charge is 0.0951 e. The van der Waals surface area contributed by atoms with Crippen LogP contribution in [0.5, 0.6) is 0 Å². The molecular weight excluding hydrogens is 200 g/mol. The van der Waals surface area contributed by atoms with Crippen molar-refractivity contribution in [1.82, 2.24) is 14.5 Å². The summed E-state index contributed by atoms with van der Waals surface area (Å²) in [5.41, 5.74) is 7.06. The lowest BCUT2D eigenvalue weighted by molar-refractivity contribution is 0.263. The number of nitrogens with zero attached hydrogens (tertiary/aromatic N) is 3. The predicted molar refractivity (Wildman–Crippen MR) is 67.3 cm³/mol. The van der Waals surface area contributed by atoms with E-state index in [0.717, 1.165) is 12.2 Å². The number of nitrogens with two attached hydrogens (primary N) is 1. The number of hydrogen-bond donors (Lipinski definition) is 1. The average molecular weight is 224 g/mol. The molecular formula is C12H24N4. The summed E-state index contributed by atoms with van der Waals surface area (Å²) in [6.45, 7) is 7.48. The molecule has 92 valence electrons. The summed E-state index contributed by atoms with van der Waals surface area (Å²) in [5.74, 6) is 0.564. The van der Waals surface area contributed by atoms with Crippen LogP contribution >= 0.6 is 0 Å². The van der Waals surface area contributed by atoms with Crippen LogP contribution in [-0.4, -0.2) is 35.1 Å². The van der Waals surface area contributed by atoms with Crippen molar-refractivity contribution in [2.24, 2.45) is 11.7 Å². The summed E-state index contributed by atoms with van der Waals surface area (Å²) in [6.07, 6.45) is 3.77. The van der Waals surface area contributed by atoms with Gasteiger partial charge in [0.25, 0.3) is 0 Å². The van der Waals surface area contributed by atoms with Crippen LogP contribution in [-0.2, 0) is 0 Å². The molecule has 1 unspecified atom stereocenters. The average Bonchev–Trinajstić information content (AvgIpc) is 2.61. The summed E-state index contributed by atoms with van der Waals surface area (Å²) in [6, 6.07) is 0.462. The molecule has 0 saturated carbocycles. The van der Waals surface area contributed by atoms with Crippen molar-refractivity contribution in [3.63, 3.8) is 0 Å². The van der Waals surface area contributed by atoms with E-state index in [9.17, 15) is 0 Å². The molecule has 0 aliphatic heterocycles. The van der Waals surface area contributed by atoms with E-state index in [1.54, 1.807) is 0 Å². The molecule has 2 N–H and O–H groups in total. The largest absolute Gasteiger partial charge is 0.329 e. The third kappa shape index (κ3) is 3.06. The minimum Gasteiger partial charge on any atom is -0.329 e. The number of likely N-dealkylation sites (N-methyl/N-ethyl adjacent to an activating group) is 1. The Kier molecular flexibility index (Phi) is 4.50. The second-order valence-corrected chi connectivity index (χ2v) is 5.09. The Morgan fingerprint density at radius 1 is 1.38 bits per heavy atom. The van der Waals surface area contributed by atoms with Crippen molar-refractivity contribution in [3.05, 3.63) is 18.2 Å². The number of rotatable bonds is 5. The molecule has 0 amide bonds. The first-order valence-corrected chi connectivity index (χ1v) is 5.85. The van der Waals surface area contributed by atoms with Crippen LogP contribution in [0.4, 0.5) is 0 Å². The van der Waals surface area contributed by atoms with Crippen LogP contribution in [0.25, 0.3) is 0 Å². The molecule has 4 nitrogen and oxygen atoms in total. The van der Waals surface area contributed by atoms with Gasteiger partial charge in [-0.3, -0.25) is 0 Å². The first-order chi connectivity index (χ1) is 7.43. The van der Waals surface area contributed by atoms with Gasteiger partial charge in [-0.25, -0.2) is 4.98 Å². The zero-order valence-electron chi connectivity index (χ0n) is 11.0. The van der Waals surface area contributed by atoms with E-state index in [-0.39, 0.29) is 6.04 Å². The molecule has 2 atom stereocenters. The maximum Gasteiger partial charge on any atom is 0.0951 e. The third-order valence-corrected chi connectivity index (χ3v) is 2.84. The second kappa shape index (κ2) is 5.46. The summed E-state index contributed by atoms with van der Waals surface area (Å²) in [5, 5.41) is 0. The molecule has 1 aromatic rings. The van der Waals surface area contributed by atoms with Gasteiger partial charge in [0, 0.05) is 24.8 Å². The van der Waals surface area contributed by atoms with Crippen LogP contribution < -0.4 is 5.73 Å². The SMILES string of the molecule is CC(C)C(CN(C)C)n1cncc1[C@@H](C)N. The van der Waals surface area contributed by atoms with E-state index in [2.05, 4.69) is 42.4 Å². The highest BCUT2D eigenvalue weighted by molar-refractivity contribution is 5.05. The Morgan fingerprint density at radius 2 is 2.00 bits per heavy atom. The molecule has 0 aliphatic carbocycles. The Balaban J connectivity index is 2.96. The summed E-state index contributed by atoms with van der Waals surface area (Å²) < 4.78 is 2.22. The van der Waals surface area contributed by atoms with E-state index in [1.807, 2.05) is 19.4 Å². The van der Waals surface area contributed by atoms with Gasteiger partial charge in [-0.05, 0) is 26.9 Å². The van der Waals surface area contributed by atoms with Gasteiger partial charge in [0.2, 0.25) is 0 Å². The van der Waals surface area contributed by atoms with E-state index < -0.39 is 0 Å². The Labute approximate surface area is 98.5 Å². The first kappa shape index (κ1) is 13.2. The van der Waals surface area contributed by atoms with Gasteiger partial charge in [0.05, 0.1) is 12.0 Å². The zero-order chi connectivity index (χ0) is 12.3. The summed E-state index contributed by atoms with van der Waals surface area (Å²) in [7, 11) is 4.19. The van der Waals surface area contributed by atoms with E-state index in [4.69, 9.17) is 5.73 Å². The van der Waals surface area contributed by atoms with Gasteiger partial charge in [-0.1, -0.05) is 13.8 Å². The van der Waals surface area contributed by atoms with Gasteiger partial charge in [0.1, 0.15) is 0 Å². The third-order valence-electron chi connectivity index (χ3n) is 2.84. The molecule has 0 saturated heterocycles. The molecule has 0 bridgehead atoms. The van der Waals surface area contributed by atoms with Gasteiger partial charge in [0.15, 0.2) is 0 Å². The van der Waals surface area contributed by atoms with Crippen LogP contribution in [0, 0.1) is 5.92 Å². The van der Waals surface area contributed by atoms with Crippen LogP contribution in [0.15, 0.2) is 12.5 Å². The van der Waals surface area contributed by atoms with Crippen molar-refractivity contribution in [3.8, 4) is 0 Å². The molecule has 0 spiro atoms. The first-order valence-electron chi connectivity index (χ1n) is 5.85. The fourth-order valence-electron chi connectivity index (χ4n) is 1.94. The minimum atomic E-state index is 0.0333. The van der Waals surface area contributed by atoms with E-state index in [1.165, 1.54) is 0 Å². The lowest BCUT2D eigenvalue weighted by atomic mass is 10.0. The van der Waals surface area contributed by atoms with Crippen molar-refractivity contribution in [1.29, 1.82) is 0 Å². The lowest BCUT2D eigenvalue weighted by Gasteiger charge is -2.28. The lowest BCUT2D eigenvalue weighted by Crippen LogP contribution is -2.29. The Hall–Kier alpha value is -0.870. The molecule has 1 aromatic heterocycles. The quantitative estimate of drug-likeness (QED) is 0.827. The van der Waals surface area contributed by atoms with Crippen molar-refractivity contribution < 1.29 is 0 Å². The monoisotopic (exact) mass is 224 g/mol. The number of imidazole rings is 1. The summed E-state index contributed by atoms with van der Waals surface area (Å²) >= 11 is 0. The van der Waals surface area contributed by atoms with Crippen LogP contribution in [0.3, 0.4) is 0 Å². The van der Waals surface area contributed by atoms with E-state index in [0.29, 0.717) is 12.0 Å². The topological polar surface area (TPSA) is 47.1 Å². The maximum atomic E-state index is 5.95. The molecule has 0 fully saturated rings. The Bertz CT molecular complexity index is 315. The maximum absolute atomic E-state index is 5.95. The molecule has 4 heteroatoms. The van der Waals surface area contributed by atoms with Crippen molar-refractivity contribution in [2.75, 3.05) is 20.6 Å². The van der Waals surface area contributed by atoms with Crippen molar-refractivity contribution >= 4 is 0 Å². The molecule has 16 heavy (non-hydrogen) atoms. The standard InChI is InChI=1S/C12H24N4/c1-9(2)12(7-15(4)5)16-8-14-6-11(16)10(3)13/h6,8-10,12H,7,13H2,1-5H3/t10-,12?/m1/s1. The predicted octanol–water partition coefficient (Wildman–Crippen LogP) is 1.66. The number of hydrogen-bond acceptors (Lipinski definition) is 3. The van der Waals surface area contributed by atoms with E-state index >= 15 is 0 Å². The normalized spacial score (nSPS) is 15.8. The van der Waals surface area contributed by atoms with Gasteiger partial charge in [-0.15, -0.1) is 0 Å². The molecule has 1 rings (SSSR count). The molecule has 0 aliphatic rings. The molecule has 1 heterocycles. The highest BCUT2D eigenvalue weighted by atomic mass is 15.2. The minimum absolute atomic E-state index is 0.0333. The Morgan fingerprint density at radius 3 is 2.44 bits per heavy atom. The van der Waals surface area contributed by atoms with Gasteiger partial charge >= 0.3 is 0 Å². The fraction of sp³-hybridized carbons (Fsp3) is 0.750. The van der Waals surface area contributed by atoms with Gasteiger partial charge < -0.3 is 15.2 Å². The fourth-order valence-corrected chi connectivity index (χ4v) is 1.94. The zero-order valence-corrected chi connectivity index (χ0v) is 11.0.